The molecular weight excluding hydrogens is 459 g/mol. The lowest BCUT2D eigenvalue weighted by Crippen LogP contribution is -2.17. The molecule has 2 heterocycles. The van der Waals surface area contributed by atoms with Crippen LogP contribution in [0.25, 0.3) is 5.65 Å². The van der Waals surface area contributed by atoms with Gasteiger partial charge in [0.2, 0.25) is 0 Å². The van der Waals surface area contributed by atoms with Gasteiger partial charge in [0.15, 0.2) is 17.2 Å². The van der Waals surface area contributed by atoms with E-state index in [0.29, 0.717) is 11.3 Å². The smallest absolute Gasteiger partial charge is 0.196 e. The van der Waals surface area contributed by atoms with Gasteiger partial charge in [-0.25, -0.2) is 8.78 Å². The number of hydrogen-bond acceptors (Lipinski definition) is 5. The molecule has 1 N–H and O–H groups in total. The van der Waals surface area contributed by atoms with Crippen LogP contribution in [0.2, 0.25) is 0 Å². The van der Waals surface area contributed by atoms with E-state index in [4.69, 9.17) is 9.84 Å². The second-order valence-electron chi connectivity index (χ2n) is 5.49. The van der Waals surface area contributed by atoms with Crippen molar-refractivity contribution in [1.82, 2.24) is 14.6 Å². The molecule has 0 aliphatic heterocycles. The summed E-state index contributed by atoms with van der Waals surface area (Å²) < 4.78 is 35.6. The van der Waals surface area contributed by atoms with Crippen LogP contribution in [0.15, 0.2) is 30.6 Å². The number of carbonyl (C=O) groups excluding carboxylic acids is 1. The Hall–Kier alpha value is -1.98. The van der Waals surface area contributed by atoms with E-state index in [0.717, 1.165) is 9.64 Å². The zero-order valence-electron chi connectivity index (χ0n) is 13.5. The van der Waals surface area contributed by atoms with E-state index in [1.807, 2.05) is 22.6 Å². The fourth-order valence-electron chi connectivity index (χ4n) is 2.57. The average Bonchev–Trinajstić information content (AvgIpc) is 3.09. The van der Waals surface area contributed by atoms with Crippen molar-refractivity contribution in [2.45, 2.75) is 6.42 Å². The Balaban J connectivity index is 2.06. The standard InChI is InChI=1S/C17H14F2IN3O3/c18-13-6-11(20)2-1-10(13)5-15-12(16(25)8-26-4-3-24)7-14(19)17-22-21-9-23(15)17/h1-2,6-7,9,24H,3-5,8H2. The van der Waals surface area contributed by atoms with E-state index in [9.17, 15) is 13.6 Å². The summed E-state index contributed by atoms with van der Waals surface area (Å²) in [6, 6.07) is 5.81. The highest BCUT2D eigenvalue weighted by molar-refractivity contribution is 14.1. The lowest BCUT2D eigenvalue weighted by Gasteiger charge is -2.13. The van der Waals surface area contributed by atoms with E-state index in [-0.39, 0.29) is 37.5 Å². The van der Waals surface area contributed by atoms with Gasteiger partial charge in [-0.05, 0) is 46.4 Å². The highest BCUT2D eigenvalue weighted by Gasteiger charge is 2.20. The topological polar surface area (TPSA) is 76.7 Å². The first-order chi connectivity index (χ1) is 12.5. The number of fused-ring (bicyclic) bond motifs is 1. The van der Waals surface area contributed by atoms with Gasteiger partial charge in [-0.3, -0.25) is 9.20 Å². The molecule has 3 aromatic rings. The molecule has 0 bridgehead atoms. The number of halogens is 3. The van der Waals surface area contributed by atoms with Crippen molar-refractivity contribution < 1.29 is 23.4 Å². The fraction of sp³-hybridized carbons (Fsp3) is 0.235. The van der Waals surface area contributed by atoms with Crippen molar-refractivity contribution in [2.75, 3.05) is 19.8 Å². The van der Waals surface area contributed by atoms with Gasteiger partial charge >= 0.3 is 0 Å². The monoisotopic (exact) mass is 473 g/mol. The Morgan fingerprint density at radius 3 is 2.81 bits per heavy atom. The second-order valence-corrected chi connectivity index (χ2v) is 6.73. The number of ketones is 1. The van der Waals surface area contributed by atoms with Crippen LogP contribution in [-0.2, 0) is 11.2 Å². The van der Waals surface area contributed by atoms with Gasteiger partial charge in [-0.1, -0.05) is 6.07 Å². The zero-order valence-corrected chi connectivity index (χ0v) is 15.6. The van der Waals surface area contributed by atoms with E-state index >= 15 is 0 Å². The SMILES string of the molecule is O=C(COCCO)c1cc(F)c2nncn2c1Cc1ccc(I)cc1F. The van der Waals surface area contributed by atoms with Gasteiger partial charge < -0.3 is 9.84 Å². The number of ether oxygens (including phenoxy) is 1. The molecule has 0 aliphatic carbocycles. The Morgan fingerprint density at radius 2 is 2.08 bits per heavy atom. The lowest BCUT2D eigenvalue weighted by atomic mass is 10.0. The molecule has 26 heavy (non-hydrogen) atoms. The Kier molecular flexibility index (Phi) is 5.89. The summed E-state index contributed by atoms with van der Waals surface area (Å²) >= 11 is 2.00. The molecule has 0 unspecified atom stereocenters. The summed E-state index contributed by atoms with van der Waals surface area (Å²) in [7, 11) is 0. The van der Waals surface area contributed by atoms with E-state index < -0.39 is 17.4 Å². The molecule has 0 aliphatic rings. The van der Waals surface area contributed by atoms with Gasteiger partial charge in [0, 0.05) is 21.2 Å². The second kappa shape index (κ2) is 8.14. The Bertz CT molecular complexity index is 962. The molecule has 136 valence electrons. The quantitative estimate of drug-likeness (QED) is 0.324. The maximum atomic E-state index is 14.3. The van der Waals surface area contributed by atoms with Gasteiger partial charge in [-0.2, -0.15) is 0 Å². The number of benzene rings is 1. The largest absolute Gasteiger partial charge is 0.394 e. The van der Waals surface area contributed by atoms with Gasteiger partial charge in [0.25, 0.3) is 0 Å². The summed E-state index contributed by atoms with van der Waals surface area (Å²) in [5.74, 6) is -1.61. The normalized spacial score (nSPS) is 11.2. The minimum Gasteiger partial charge on any atom is -0.394 e. The molecule has 0 saturated carbocycles. The number of hydrogen-bond donors (Lipinski definition) is 1. The minimum atomic E-state index is -0.708. The van der Waals surface area contributed by atoms with Crippen molar-refractivity contribution in [3.8, 4) is 0 Å². The molecule has 9 heteroatoms. The number of pyridine rings is 1. The molecule has 0 amide bonds. The lowest BCUT2D eigenvalue weighted by molar-refractivity contribution is 0.0662. The molecule has 0 atom stereocenters. The summed E-state index contributed by atoms with van der Waals surface area (Å²) in [5, 5.41) is 16.1. The third-order valence-corrected chi connectivity index (χ3v) is 4.45. The molecule has 0 spiro atoms. The predicted molar refractivity (Wildman–Crippen MR) is 97.1 cm³/mol. The number of Topliss-reactive ketones (excluding diaryl/α,β-unsaturated/α-hetero) is 1. The molecular formula is C17H14F2IN3O3. The van der Waals surface area contributed by atoms with Crippen molar-refractivity contribution in [3.05, 3.63) is 62.6 Å². The number of aliphatic hydroxyl groups is 1. The molecule has 6 nitrogen and oxygen atoms in total. The maximum Gasteiger partial charge on any atom is 0.196 e. The third-order valence-electron chi connectivity index (χ3n) is 3.78. The number of carbonyl (C=O) groups is 1. The van der Waals surface area contributed by atoms with Crippen molar-refractivity contribution in [1.29, 1.82) is 0 Å². The maximum absolute atomic E-state index is 14.3. The zero-order chi connectivity index (χ0) is 18.7. The Morgan fingerprint density at radius 1 is 1.27 bits per heavy atom. The number of rotatable bonds is 7. The van der Waals surface area contributed by atoms with Crippen LogP contribution in [-0.4, -0.2) is 45.3 Å². The first kappa shape index (κ1) is 18.8. The van der Waals surface area contributed by atoms with Crippen LogP contribution in [0.4, 0.5) is 8.78 Å². The van der Waals surface area contributed by atoms with Crippen LogP contribution < -0.4 is 0 Å². The van der Waals surface area contributed by atoms with Gasteiger partial charge in [0.05, 0.1) is 13.2 Å². The van der Waals surface area contributed by atoms with Gasteiger partial charge in [0.1, 0.15) is 18.8 Å². The molecule has 0 radical (unpaired) electrons. The number of nitrogens with zero attached hydrogens (tertiary/aromatic N) is 3. The summed E-state index contributed by atoms with van der Waals surface area (Å²) in [4.78, 5) is 12.5. The van der Waals surface area contributed by atoms with Crippen LogP contribution in [0, 0.1) is 15.2 Å². The highest BCUT2D eigenvalue weighted by atomic mass is 127. The average molecular weight is 473 g/mol. The highest BCUT2D eigenvalue weighted by Crippen LogP contribution is 2.22. The van der Waals surface area contributed by atoms with E-state index in [2.05, 4.69) is 10.2 Å². The summed E-state index contributed by atoms with van der Waals surface area (Å²) in [6.07, 6.45) is 1.34. The molecule has 0 fully saturated rings. The fourth-order valence-corrected chi connectivity index (χ4v) is 3.03. The molecule has 1 aromatic carbocycles. The summed E-state index contributed by atoms with van der Waals surface area (Å²) in [6.45, 7) is -0.563. The predicted octanol–water partition coefficient (Wildman–Crippen LogP) is 2.39. The first-order valence-corrected chi connectivity index (χ1v) is 8.76. The van der Waals surface area contributed by atoms with E-state index in [1.54, 1.807) is 12.1 Å². The Labute approximate surface area is 161 Å². The number of aliphatic hydroxyl groups excluding tert-OH is 1. The summed E-state index contributed by atoms with van der Waals surface area (Å²) in [5.41, 5.74) is 0.742. The van der Waals surface area contributed by atoms with Crippen molar-refractivity contribution in [3.63, 3.8) is 0 Å². The van der Waals surface area contributed by atoms with Crippen LogP contribution in [0.3, 0.4) is 0 Å². The number of aromatic nitrogens is 3. The van der Waals surface area contributed by atoms with E-state index in [1.165, 1.54) is 16.8 Å². The molecule has 2 aromatic heterocycles. The third kappa shape index (κ3) is 3.89. The minimum absolute atomic E-state index is 0.00974. The van der Waals surface area contributed by atoms with Crippen molar-refractivity contribution >= 4 is 34.0 Å². The first-order valence-electron chi connectivity index (χ1n) is 7.68. The van der Waals surface area contributed by atoms with Gasteiger partial charge in [-0.15, -0.1) is 10.2 Å². The van der Waals surface area contributed by atoms with Crippen LogP contribution in [0.5, 0.6) is 0 Å². The van der Waals surface area contributed by atoms with Crippen LogP contribution in [0.1, 0.15) is 21.6 Å². The molecule has 3 rings (SSSR count). The van der Waals surface area contributed by atoms with Crippen LogP contribution >= 0.6 is 22.6 Å². The van der Waals surface area contributed by atoms with Crippen molar-refractivity contribution in [2.24, 2.45) is 0 Å². The molecule has 0 saturated heterocycles.